The molecule has 1 atom stereocenters. The molecule has 1 aliphatic carbocycles. The minimum Gasteiger partial charge on any atom is -0.441 e. The van der Waals surface area contributed by atoms with Gasteiger partial charge in [0.1, 0.15) is 5.52 Å². The van der Waals surface area contributed by atoms with Crippen molar-refractivity contribution in [3.05, 3.63) is 41.9 Å². The lowest BCUT2D eigenvalue weighted by molar-refractivity contribution is 0.237. The first-order valence-electron chi connectivity index (χ1n) is 9.29. The molecule has 1 aromatic carbocycles. The Morgan fingerprint density at radius 3 is 2.92 bits per heavy atom. The van der Waals surface area contributed by atoms with Crippen molar-refractivity contribution in [1.82, 2.24) is 20.0 Å². The maximum absolute atomic E-state index is 5.81. The SMILES string of the molecule is c1ccc2oc(CCCN3CCCC3c3noc(C4CC4)n3)nc2c1. The number of nitrogens with zero attached hydrogens (tertiary/aromatic N) is 4. The summed E-state index contributed by atoms with van der Waals surface area (Å²) in [6.45, 7) is 2.11. The Kier molecular flexibility index (Phi) is 3.77. The Balaban J connectivity index is 1.20. The van der Waals surface area contributed by atoms with Crippen molar-refractivity contribution in [2.24, 2.45) is 0 Å². The first-order chi connectivity index (χ1) is 12.4. The monoisotopic (exact) mass is 338 g/mol. The third-order valence-electron chi connectivity index (χ3n) is 5.22. The van der Waals surface area contributed by atoms with Crippen molar-refractivity contribution in [3.63, 3.8) is 0 Å². The molecule has 1 saturated carbocycles. The summed E-state index contributed by atoms with van der Waals surface area (Å²) in [6.07, 6.45) is 6.59. The average molecular weight is 338 g/mol. The van der Waals surface area contributed by atoms with E-state index in [4.69, 9.17) is 8.94 Å². The maximum atomic E-state index is 5.81. The highest BCUT2D eigenvalue weighted by atomic mass is 16.5. The summed E-state index contributed by atoms with van der Waals surface area (Å²) in [4.78, 5) is 11.7. The van der Waals surface area contributed by atoms with E-state index in [0.717, 1.165) is 61.1 Å². The van der Waals surface area contributed by atoms with Crippen molar-refractivity contribution >= 4 is 11.1 Å². The standard InChI is InChI=1S/C19H22N4O2/c1-2-7-16-14(5-1)20-17(24-16)8-4-12-23-11-3-6-15(23)18-21-19(25-22-18)13-9-10-13/h1-2,5,7,13,15H,3-4,6,8-12H2. The number of hydrogen-bond acceptors (Lipinski definition) is 6. The summed E-state index contributed by atoms with van der Waals surface area (Å²) >= 11 is 0. The maximum Gasteiger partial charge on any atom is 0.229 e. The van der Waals surface area contributed by atoms with E-state index < -0.39 is 0 Å². The van der Waals surface area contributed by atoms with Crippen LogP contribution in [0.3, 0.4) is 0 Å². The molecule has 0 bridgehead atoms. The molecule has 2 aromatic heterocycles. The number of hydrogen-bond donors (Lipinski definition) is 0. The summed E-state index contributed by atoms with van der Waals surface area (Å²) in [5.41, 5.74) is 1.81. The zero-order chi connectivity index (χ0) is 16.6. The molecule has 0 amide bonds. The van der Waals surface area contributed by atoms with Crippen molar-refractivity contribution in [2.45, 2.75) is 50.5 Å². The number of aryl methyl sites for hydroxylation is 1. The molecule has 25 heavy (non-hydrogen) atoms. The molecule has 130 valence electrons. The Bertz CT molecular complexity index is 834. The van der Waals surface area contributed by atoms with E-state index >= 15 is 0 Å². The lowest BCUT2D eigenvalue weighted by Gasteiger charge is -2.21. The van der Waals surface area contributed by atoms with Gasteiger partial charge in [-0.05, 0) is 57.3 Å². The van der Waals surface area contributed by atoms with Crippen LogP contribution in [0.1, 0.15) is 61.7 Å². The molecule has 3 heterocycles. The molecule has 6 heteroatoms. The Labute approximate surface area is 146 Å². The van der Waals surface area contributed by atoms with E-state index in [-0.39, 0.29) is 0 Å². The topological polar surface area (TPSA) is 68.2 Å². The predicted molar refractivity (Wildman–Crippen MR) is 92.2 cm³/mol. The van der Waals surface area contributed by atoms with Gasteiger partial charge in [0.15, 0.2) is 17.3 Å². The van der Waals surface area contributed by atoms with Gasteiger partial charge in [-0.1, -0.05) is 17.3 Å². The van der Waals surface area contributed by atoms with Crippen molar-refractivity contribution < 1.29 is 8.94 Å². The first kappa shape index (κ1) is 15.1. The van der Waals surface area contributed by atoms with E-state index in [1.807, 2.05) is 24.3 Å². The molecule has 1 aliphatic heterocycles. The number of para-hydroxylation sites is 2. The van der Waals surface area contributed by atoms with Gasteiger partial charge in [-0.25, -0.2) is 4.98 Å². The Morgan fingerprint density at radius 1 is 1.12 bits per heavy atom. The minimum absolute atomic E-state index is 0.305. The third-order valence-corrected chi connectivity index (χ3v) is 5.22. The van der Waals surface area contributed by atoms with Crippen LogP contribution in [-0.4, -0.2) is 33.1 Å². The summed E-state index contributed by atoms with van der Waals surface area (Å²) in [7, 11) is 0. The number of aromatic nitrogens is 3. The van der Waals surface area contributed by atoms with E-state index in [2.05, 4.69) is 20.0 Å². The number of benzene rings is 1. The van der Waals surface area contributed by atoms with Crippen molar-refractivity contribution in [2.75, 3.05) is 13.1 Å². The second-order valence-corrected chi connectivity index (χ2v) is 7.14. The van der Waals surface area contributed by atoms with Gasteiger partial charge in [-0.2, -0.15) is 4.98 Å². The largest absolute Gasteiger partial charge is 0.441 e. The van der Waals surface area contributed by atoms with Crippen molar-refractivity contribution in [3.8, 4) is 0 Å². The number of fused-ring (bicyclic) bond motifs is 1. The third kappa shape index (κ3) is 3.06. The summed E-state index contributed by atoms with van der Waals surface area (Å²) in [6, 6.07) is 8.24. The molecule has 0 spiro atoms. The molecule has 6 nitrogen and oxygen atoms in total. The molecule has 3 aromatic rings. The summed E-state index contributed by atoms with van der Waals surface area (Å²) < 4.78 is 11.3. The quantitative estimate of drug-likeness (QED) is 0.680. The average Bonchev–Trinajstić information content (AvgIpc) is 3.05. The normalized spacial score (nSPS) is 21.4. The van der Waals surface area contributed by atoms with Crippen LogP contribution in [0.25, 0.3) is 11.1 Å². The second-order valence-electron chi connectivity index (χ2n) is 7.14. The van der Waals surface area contributed by atoms with Crippen LogP contribution < -0.4 is 0 Å². The molecule has 2 aliphatic rings. The molecule has 0 radical (unpaired) electrons. The first-order valence-corrected chi connectivity index (χ1v) is 9.29. The van der Waals surface area contributed by atoms with Crippen LogP contribution in [0.5, 0.6) is 0 Å². The van der Waals surface area contributed by atoms with Crippen LogP contribution in [0.4, 0.5) is 0 Å². The zero-order valence-corrected chi connectivity index (χ0v) is 14.2. The highest BCUT2D eigenvalue weighted by Gasteiger charge is 2.33. The molecular weight excluding hydrogens is 316 g/mol. The van der Waals surface area contributed by atoms with E-state index in [9.17, 15) is 0 Å². The van der Waals surface area contributed by atoms with E-state index in [1.54, 1.807) is 0 Å². The Hall–Kier alpha value is -2.21. The smallest absolute Gasteiger partial charge is 0.229 e. The van der Waals surface area contributed by atoms with Gasteiger partial charge in [-0.15, -0.1) is 0 Å². The van der Waals surface area contributed by atoms with E-state index in [1.165, 1.54) is 19.3 Å². The van der Waals surface area contributed by atoms with Gasteiger partial charge in [-0.3, -0.25) is 4.90 Å². The number of likely N-dealkylation sites (tertiary alicyclic amines) is 1. The highest BCUT2D eigenvalue weighted by molar-refractivity contribution is 5.72. The minimum atomic E-state index is 0.305. The van der Waals surface area contributed by atoms with Crippen LogP contribution in [0, 0.1) is 0 Å². The summed E-state index contributed by atoms with van der Waals surface area (Å²) in [5, 5.41) is 4.25. The fourth-order valence-electron chi connectivity index (χ4n) is 3.73. The number of oxazole rings is 1. The lowest BCUT2D eigenvalue weighted by Crippen LogP contribution is -2.25. The lowest BCUT2D eigenvalue weighted by atomic mass is 10.2. The molecule has 1 saturated heterocycles. The highest BCUT2D eigenvalue weighted by Crippen LogP contribution is 2.40. The van der Waals surface area contributed by atoms with E-state index in [0.29, 0.717) is 12.0 Å². The molecule has 2 fully saturated rings. The van der Waals surface area contributed by atoms with Crippen molar-refractivity contribution in [1.29, 1.82) is 0 Å². The molecule has 1 unspecified atom stereocenters. The van der Waals surface area contributed by atoms with Crippen LogP contribution in [-0.2, 0) is 6.42 Å². The van der Waals surface area contributed by atoms with Crippen LogP contribution in [0.15, 0.2) is 33.2 Å². The molecule has 5 rings (SSSR count). The molecule has 0 N–H and O–H groups in total. The van der Waals surface area contributed by atoms with Gasteiger partial charge >= 0.3 is 0 Å². The van der Waals surface area contributed by atoms with Gasteiger partial charge in [0.05, 0.1) is 6.04 Å². The zero-order valence-electron chi connectivity index (χ0n) is 14.2. The number of rotatable bonds is 6. The van der Waals surface area contributed by atoms with Gasteiger partial charge in [0, 0.05) is 12.3 Å². The molecular formula is C19H22N4O2. The van der Waals surface area contributed by atoms with Crippen LogP contribution in [0.2, 0.25) is 0 Å². The predicted octanol–water partition coefficient (Wildman–Crippen LogP) is 3.86. The van der Waals surface area contributed by atoms with Gasteiger partial charge in [0.2, 0.25) is 5.89 Å². The fraction of sp³-hybridized carbons (Fsp3) is 0.526. The summed E-state index contributed by atoms with van der Waals surface area (Å²) in [5.74, 6) is 3.07. The van der Waals surface area contributed by atoms with Gasteiger partial charge < -0.3 is 8.94 Å². The fourth-order valence-corrected chi connectivity index (χ4v) is 3.73. The van der Waals surface area contributed by atoms with Crippen LogP contribution >= 0.6 is 0 Å². The second kappa shape index (κ2) is 6.26. The Morgan fingerprint density at radius 2 is 2.04 bits per heavy atom. The van der Waals surface area contributed by atoms with Gasteiger partial charge in [0.25, 0.3) is 0 Å².